The molecule has 0 bridgehead atoms. The predicted octanol–water partition coefficient (Wildman–Crippen LogP) is 7.05. The third-order valence-corrected chi connectivity index (χ3v) is 6.81. The van der Waals surface area contributed by atoms with Gasteiger partial charge in [-0.15, -0.1) is 11.8 Å². The third kappa shape index (κ3) is 6.56. The van der Waals surface area contributed by atoms with Crippen molar-refractivity contribution < 1.29 is 22.7 Å². The normalized spacial score (nSPS) is 11.5. The monoisotopic (exact) mass is 548 g/mol. The average Bonchev–Trinajstić information content (AvgIpc) is 3.44. The number of allylic oxidation sites excluding steroid dienone is 1. The van der Waals surface area contributed by atoms with Crippen molar-refractivity contribution >= 4 is 23.6 Å². The molecule has 39 heavy (non-hydrogen) atoms. The quantitative estimate of drug-likeness (QED) is 0.127. The Hall–Kier alpha value is -4.36. The Bertz CT molecular complexity index is 1560. The van der Waals surface area contributed by atoms with Crippen LogP contribution >= 0.6 is 11.8 Å². The van der Waals surface area contributed by atoms with Crippen molar-refractivity contribution in [3.63, 3.8) is 0 Å². The number of nitriles is 1. The largest absolute Gasteiger partial charge is 0.496 e. The number of hydrogen-bond donors (Lipinski definition) is 0. The van der Waals surface area contributed by atoms with Gasteiger partial charge in [0.15, 0.2) is 0 Å². The summed E-state index contributed by atoms with van der Waals surface area (Å²) in [6, 6.07) is 18.3. The zero-order valence-corrected chi connectivity index (χ0v) is 21.9. The fourth-order valence-corrected chi connectivity index (χ4v) is 4.79. The van der Waals surface area contributed by atoms with Gasteiger partial charge in [0.25, 0.3) is 0 Å². The smallest absolute Gasteiger partial charge is 0.433 e. The number of thioether (sulfide) groups is 1. The zero-order valence-electron chi connectivity index (χ0n) is 21.1. The van der Waals surface area contributed by atoms with Crippen LogP contribution in [-0.4, -0.2) is 27.7 Å². The van der Waals surface area contributed by atoms with Crippen LogP contribution in [0.3, 0.4) is 0 Å². The number of aryl methyl sites for hydroxylation is 1. The van der Waals surface area contributed by atoms with E-state index in [9.17, 15) is 23.2 Å². The molecule has 0 aliphatic rings. The number of pyridine rings is 1. The summed E-state index contributed by atoms with van der Waals surface area (Å²) in [6.07, 6.45) is 0.0893. The van der Waals surface area contributed by atoms with E-state index in [4.69, 9.17) is 4.74 Å². The molecule has 0 amide bonds. The number of ether oxygens (including phenoxy) is 1. The van der Waals surface area contributed by atoms with Gasteiger partial charge in [0.05, 0.1) is 12.7 Å². The van der Waals surface area contributed by atoms with Crippen molar-refractivity contribution in [3.8, 4) is 22.9 Å². The molecule has 0 aliphatic carbocycles. The lowest BCUT2D eigenvalue weighted by atomic mass is 10.0. The highest BCUT2D eigenvalue weighted by atomic mass is 32.2. The van der Waals surface area contributed by atoms with E-state index in [0.29, 0.717) is 34.7 Å². The van der Waals surface area contributed by atoms with Crippen molar-refractivity contribution in [2.75, 3.05) is 7.11 Å². The molecule has 0 atom stereocenters. The first-order valence-corrected chi connectivity index (χ1v) is 12.9. The Morgan fingerprint density at radius 2 is 1.92 bits per heavy atom. The highest BCUT2D eigenvalue weighted by molar-refractivity contribution is 7.98. The molecule has 2 aromatic heterocycles. The van der Waals surface area contributed by atoms with Crippen molar-refractivity contribution in [3.05, 3.63) is 101 Å². The summed E-state index contributed by atoms with van der Waals surface area (Å²) in [6.45, 7) is 2.57. The minimum absolute atomic E-state index is 0.0316. The van der Waals surface area contributed by atoms with Gasteiger partial charge in [-0.3, -0.25) is 9.48 Å². The summed E-state index contributed by atoms with van der Waals surface area (Å²) >= 11 is 1.01. The predicted molar refractivity (Wildman–Crippen MR) is 143 cm³/mol. The number of benzene rings is 2. The number of carbonyl (C=O) groups is 1. The highest BCUT2D eigenvalue weighted by Gasteiger charge is 2.34. The standard InChI is InChI=1S/C29H23F3N4O2S/c1-3-36-14-13-24(35-36)25(37)11-9-19-10-12-26(38-2)21(15-19)18-39-28-23(17-33)22(20-7-5-4-6-8-20)16-27(34-28)29(30,31)32/h4-16H,3,18H2,1-2H3/b11-9+. The van der Waals surface area contributed by atoms with Crippen LogP contribution in [0.5, 0.6) is 5.75 Å². The molecule has 0 radical (unpaired) electrons. The van der Waals surface area contributed by atoms with E-state index in [2.05, 4.69) is 10.1 Å². The number of carbonyl (C=O) groups excluding carboxylic acids is 1. The van der Waals surface area contributed by atoms with Gasteiger partial charge in [-0.2, -0.15) is 23.5 Å². The average molecular weight is 549 g/mol. The van der Waals surface area contributed by atoms with Crippen molar-refractivity contribution in [2.24, 2.45) is 0 Å². The summed E-state index contributed by atoms with van der Waals surface area (Å²) in [5.41, 5.74) is 1.32. The van der Waals surface area contributed by atoms with Gasteiger partial charge in [0.2, 0.25) is 5.78 Å². The SMILES string of the molecule is CCn1ccc(C(=O)/C=C/c2ccc(OC)c(CSc3nc(C(F)(F)F)cc(-c4ccccc4)c3C#N)c2)n1. The second kappa shape index (κ2) is 12.0. The van der Waals surface area contributed by atoms with Gasteiger partial charge >= 0.3 is 6.18 Å². The summed E-state index contributed by atoms with van der Waals surface area (Å²) in [7, 11) is 1.49. The van der Waals surface area contributed by atoms with E-state index < -0.39 is 11.9 Å². The Balaban J connectivity index is 1.64. The first kappa shape index (κ1) is 27.7. The summed E-state index contributed by atoms with van der Waals surface area (Å²) in [5, 5.41) is 14.0. The third-order valence-electron chi connectivity index (χ3n) is 5.79. The van der Waals surface area contributed by atoms with E-state index in [-0.39, 0.29) is 27.7 Å². The lowest BCUT2D eigenvalue weighted by Crippen LogP contribution is -2.10. The highest BCUT2D eigenvalue weighted by Crippen LogP contribution is 2.38. The van der Waals surface area contributed by atoms with Crippen LogP contribution < -0.4 is 4.74 Å². The maximum atomic E-state index is 13.7. The van der Waals surface area contributed by atoms with Crippen LogP contribution in [0.15, 0.2) is 78.0 Å². The Labute approximate surface area is 227 Å². The number of nitrogens with zero attached hydrogens (tertiary/aromatic N) is 4. The van der Waals surface area contributed by atoms with Gasteiger partial charge in [0, 0.05) is 29.6 Å². The van der Waals surface area contributed by atoms with E-state index >= 15 is 0 Å². The van der Waals surface area contributed by atoms with E-state index in [1.54, 1.807) is 71.6 Å². The fourth-order valence-electron chi connectivity index (χ4n) is 3.81. The van der Waals surface area contributed by atoms with Gasteiger partial charge in [-0.1, -0.05) is 42.5 Å². The molecule has 0 fully saturated rings. The van der Waals surface area contributed by atoms with Crippen LogP contribution in [0, 0.1) is 11.3 Å². The Kier molecular flexibility index (Phi) is 8.52. The second-order valence-corrected chi connectivity index (χ2v) is 9.29. The minimum atomic E-state index is -4.69. The molecule has 0 unspecified atom stereocenters. The fraction of sp³-hybridized carbons (Fsp3) is 0.172. The number of halogens is 3. The van der Waals surface area contributed by atoms with Crippen LogP contribution in [-0.2, 0) is 18.5 Å². The number of alkyl halides is 3. The Morgan fingerprint density at radius 3 is 2.56 bits per heavy atom. The van der Waals surface area contributed by atoms with E-state index in [1.165, 1.54) is 13.2 Å². The summed E-state index contributed by atoms with van der Waals surface area (Å²) in [5.74, 6) is 0.437. The molecule has 10 heteroatoms. The van der Waals surface area contributed by atoms with Crippen LogP contribution in [0.4, 0.5) is 13.2 Å². The van der Waals surface area contributed by atoms with Gasteiger partial charge in [0.1, 0.15) is 28.2 Å². The molecular formula is C29H23F3N4O2S. The second-order valence-electron chi connectivity index (χ2n) is 8.33. The van der Waals surface area contributed by atoms with Crippen molar-refractivity contribution in [2.45, 2.75) is 30.4 Å². The molecule has 0 N–H and O–H groups in total. The first-order chi connectivity index (χ1) is 18.7. The Morgan fingerprint density at radius 1 is 1.15 bits per heavy atom. The molecule has 0 saturated heterocycles. The number of rotatable bonds is 9. The topological polar surface area (TPSA) is 80.8 Å². The molecule has 198 valence electrons. The summed E-state index contributed by atoms with van der Waals surface area (Å²) in [4.78, 5) is 16.3. The molecule has 0 aliphatic heterocycles. The number of methoxy groups -OCH3 is 1. The number of ketones is 1. The van der Waals surface area contributed by atoms with E-state index in [0.717, 1.165) is 17.8 Å². The molecule has 6 nitrogen and oxygen atoms in total. The molecule has 4 rings (SSSR count). The molecule has 4 aromatic rings. The summed E-state index contributed by atoms with van der Waals surface area (Å²) < 4.78 is 48.2. The maximum absolute atomic E-state index is 13.7. The number of hydrogen-bond acceptors (Lipinski definition) is 6. The van der Waals surface area contributed by atoms with Crippen LogP contribution in [0.1, 0.15) is 39.8 Å². The lowest BCUT2D eigenvalue weighted by molar-refractivity contribution is -0.141. The molecule has 0 spiro atoms. The van der Waals surface area contributed by atoms with Crippen molar-refractivity contribution in [1.29, 1.82) is 5.26 Å². The van der Waals surface area contributed by atoms with Gasteiger partial charge < -0.3 is 4.74 Å². The van der Waals surface area contributed by atoms with Crippen LogP contribution in [0.25, 0.3) is 17.2 Å². The van der Waals surface area contributed by atoms with E-state index in [1.807, 2.05) is 13.0 Å². The maximum Gasteiger partial charge on any atom is 0.433 e. The van der Waals surface area contributed by atoms with Gasteiger partial charge in [-0.25, -0.2) is 4.98 Å². The lowest BCUT2D eigenvalue weighted by Gasteiger charge is -2.15. The van der Waals surface area contributed by atoms with Gasteiger partial charge in [-0.05, 0) is 48.4 Å². The number of aromatic nitrogens is 3. The van der Waals surface area contributed by atoms with Crippen LogP contribution in [0.2, 0.25) is 0 Å². The van der Waals surface area contributed by atoms with Crippen molar-refractivity contribution in [1.82, 2.24) is 14.8 Å². The molecule has 0 saturated carbocycles. The zero-order chi connectivity index (χ0) is 28.0. The minimum Gasteiger partial charge on any atom is -0.496 e. The first-order valence-electron chi connectivity index (χ1n) is 11.9. The molecular weight excluding hydrogens is 525 g/mol. The molecule has 2 aromatic carbocycles. The molecule has 2 heterocycles.